The van der Waals surface area contributed by atoms with E-state index < -0.39 is 26.1 Å². The van der Waals surface area contributed by atoms with Crippen molar-refractivity contribution in [2.75, 3.05) is 11.9 Å². The van der Waals surface area contributed by atoms with Crippen LogP contribution in [-0.2, 0) is 15.4 Å². The molecule has 0 saturated heterocycles. The Hall–Kier alpha value is -1.51. The highest BCUT2D eigenvalue weighted by Gasteiger charge is 2.26. The fourth-order valence-corrected chi connectivity index (χ4v) is 3.32. The van der Waals surface area contributed by atoms with Crippen molar-refractivity contribution in [1.82, 2.24) is 0 Å². The summed E-state index contributed by atoms with van der Waals surface area (Å²) in [6.07, 6.45) is 0. The van der Waals surface area contributed by atoms with Gasteiger partial charge >= 0.3 is 5.76 Å². The monoisotopic (exact) mass is 347 g/mol. The molecule has 0 aliphatic rings. The largest absolute Gasteiger partial charge is 0.384 e. The third-order valence-corrected chi connectivity index (χ3v) is 5.28. The van der Waals surface area contributed by atoms with Crippen LogP contribution in [0.4, 0.5) is 14.5 Å². The lowest BCUT2D eigenvalue weighted by Gasteiger charge is -2.23. The summed E-state index contributed by atoms with van der Waals surface area (Å²) >= 11 is 1.47. The molecular weight excluding hydrogens is 332 g/mol. The Bertz CT molecular complexity index is 711. The first-order chi connectivity index (χ1) is 10.2. The second kappa shape index (κ2) is 6.31. The molecule has 1 aromatic carbocycles. The Morgan fingerprint density at radius 1 is 1.27 bits per heavy atom. The van der Waals surface area contributed by atoms with Gasteiger partial charge in [0.2, 0.25) is 9.84 Å². The topological polar surface area (TPSA) is 66.4 Å². The lowest BCUT2D eigenvalue weighted by molar-refractivity contribution is 0.0720. The smallest absolute Gasteiger partial charge is 0.341 e. The predicted molar refractivity (Wildman–Crippen MR) is 82.0 cm³/mol. The molecule has 8 heteroatoms. The number of halogens is 2. The van der Waals surface area contributed by atoms with Gasteiger partial charge in [0.05, 0.1) is 4.90 Å². The molecule has 0 spiro atoms. The zero-order valence-corrected chi connectivity index (χ0v) is 13.3. The van der Waals surface area contributed by atoms with Gasteiger partial charge in [0.25, 0.3) is 0 Å². The van der Waals surface area contributed by atoms with E-state index in [1.807, 2.05) is 16.8 Å². The molecule has 1 aromatic heterocycles. The second-order valence-corrected chi connectivity index (χ2v) is 7.67. The highest BCUT2D eigenvalue weighted by atomic mass is 32.2. The number of rotatable bonds is 6. The van der Waals surface area contributed by atoms with Crippen molar-refractivity contribution in [3.8, 4) is 0 Å². The number of nitrogens with one attached hydrogen (secondary N) is 1. The van der Waals surface area contributed by atoms with E-state index in [0.29, 0.717) is 5.69 Å². The maximum Gasteiger partial charge on any atom is 0.341 e. The summed E-state index contributed by atoms with van der Waals surface area (Å²) < 4.78 is 47.5. The Morgan fingerprint density at radius 2 is 1.91 bits per heavy atom. The average molecular weight is 347 g/mol. The zero-order chi connectivity index (χ0) is 16.4. The molecule has 0 bridgehead atoms. The molecule has 0 saturated carbocycles. The third-order valence-electron chi connectivity index (χ3n) is 3.20. The number of hydrogen-bond donors (Lipinski definition) is 2. The lowest BCUT2D eigenvalue weighted by Crippen LogP contribution is -2.30. The molecule has 2 aromatic rings. The van der Waals surface area contributed by atoms with E-state index in [-0.39, 0.29) is 6.54 Å². The molecule has 22 heavy (non-hydrogen) atoms. The van der Waals surface area contributed by atoms with Crippen LogP contribution in [0.1, 0.15) is 12.5 Å². The molecule has 0 aliphatic heterocycles. The molecule has 1 heterocycles. The van der Waals surface area contributed by atoms with E-state index in [9.17, 15) is 22.3 Å². The molecule has 1 atom stereocenters. The van der Waals surface area contributed by atoms with Crippen LogP contribution in [0.2, 0.25) is 0 Å². The zero-order valence-electron chi connectivity index (χ0n) is 11.7. The fraction of sp³-hybridized carbons (Fsp3) is 0.286. The summed E-state index contributed by atoms with van der Waals surface area (Å²) in [5.41, 5.74) is 0.207. The van der Waals surface area contributed by atoms with Gasteiger partial charge in [-0.1, -0.05) is 0 Å². The summed E-state index contributed by atoms with van der Waals surface area (Å²) in [4.78, 5) is -0.433. The number of benzene rings is 1. The van der Waals surface area contributed by atoms with Gasteiger partial charge in [-0.3, -0.25) is 0 Å². The minimum absolute atomic E-state index is 0.199. The molecular formula is C14H15F2NO3S2. The van der Waals surface area contributed by atoms with E-state index in [1.54, 1.807) is 6.92 Å². The summed E-state index contributed by atoms with van der Waals surface area (Å²) in [5, 5.41) is 17.0. The summed E-state index contributed by atoms with van der Waals surface area (Å²) in [6, 6.07) is 6.81. The van der Waals surface area contributed by atoms with Crippen LogP contribution in [0.5, 0.6) is 0 Å². The Labute approximate surface area is 131 Å². The van der Waals surface area contributed by atoms with E-state index in [4.69, 9.17) is 0 Å². The normalized spacial score (nSPS) is 14.8. The quantitative estimate of drug-likeness (QED) is 0.843. The Kier molecular flexibility index (Phi) is 4.84. The van der Waals surface area contributed by atoms with Crippen molar-refractivity contribution < 1.29 is 22.3 Å². The van der Waals surface area contributed by atoms with Gasteiger partial charge in [0.15, 0.2) is 0 Å². The molecule has 0 aliphatic carbocycles. The highest BCUT2D eigenvalue weighted by molar-refractivity contribution is 7.91. The maximum atomic E-state index is 12.4. The molecule has 0 fully saturated rings. The van der Waals surface area contributed by atoms with Crippen LogP contribution in [0.3, 0.4) is 0 Å². The van der Waals surface area contributed by atoms with Gasteiger partial charge in [0, 0.05) is 12.2 Å². The van der Waals surface area contributed by atoms with E-state index in [2.05, 4.69) is 5.32 Å². The van der Waals surface area contributed by atoms with Gasteiger partial charge in [-0.25, -0.2) is 8.42 Å². The Morgan fingerprint density at radius 3 is 2.41 bits per heavy atom. The minimum atomic E-state index is -4.58. The van der Waals surface area contributed by atoms with Crippen molar-refractivity contribution in [2.24, 2.45) is 0 Å². The van der Waals surface area contributed by atoms with Crippen molar-refractivity contribution >= 4 is 26.9 Å². The summed E-state index contributed by atoms with van der Waals surface area (Å²) in [5.74, 6) is -3.44. The first-order valence-corrected chi connectivity index (χ1v) is 8.83. The van der Waals surface area contributed by atoms with Gasteiger partial charge in [0.1, 0.15) is 5.60 Å². The number of thiophene rings is 1. The average Bonchev–Trinajstić information content (AvgIpc) is 3.00. The number of alkyl halides is 2. The van der Waals surface area contributed by atoms with Crippen LogP contribution in [0, 0.1) is 0 Å². The first-order valence-electron chi connectivity index (χ1n) is 6.34. The number of anilines is 1. The van der Waals surface area contributed by atoms with Gasteiger partial charge in [-0.05, 0) is 53.6 Å². The molecule has 4 nitrogen and oxygen atoms in total. The molecule has 2 N–H and O–H groups in total. The molecule has 0 amide bonds. The minimum Gasteiger partial charge on any atom is -0.384 e. The SMILES string of the molecule is CC(O)(CNc1ccc(S(=O)(=O)C(F)F)cc1)c1ccsc1. The van der Waals surface area contributed by atoms with E-state index in [1.165, 1.54) is 23.5 Å². The predicted octanol–water partition coefficient (Wildman–Crippen LogP) is 3.06. The Balaban J connectivity index is 2.07. The van der Waals surface area contributed by atoms with Crippen LogP contribution in [0.15, 0.2) is 46.0 Å². The maximum absolute atomic E-state index is 12.4. The summed E-state index contributed by atoms with van der Waals surface area (Å²) in [7, 11) is -4.58. The standard InChI is InChI=1S/C14H15F2NO3S2/c1-14(18,10-6-7-21-8-10)9-17-11-2-4-12(5-3-11)22(19,20)13(15)16/h2-8,13,17-18H,9H2,1H3. The van der Waals surface area contributed by atoms with Gasteiger partial charge < -0.3 is 10.4 Å². The van der Waals surface area contributed by atoms with Crippen LogP contribution in [0.25, 0.3) is 0 Å². The number of sulfone groups is 1. The van der Waals surface area contributed by atoms with Crippen molar-refractivity contribution in [3.05, 3.63) is 46.7 Å². The summed E-state index contributed by atoms with van der Waals surface area (Å²) in [6.45, 7) is 1.85. The molecule has 2 rings (SSSR count). The van der Waals surface area contributed by atoms with Crippen molar-refractivity contribution in [2.45, 2.75) is 23.2 Å². The van der Waals surface area contributed by atoms with Gasteiger partial charge in [-0.2, -0.15) is 20.1 Å². The number of hydrogen-bond acceptors (Lipinski definition) is 5. The van der Waals surface area contributed by atoms with Crippen LogP contribution >= 0.6 is 11.3 Å². The van der Waals surface area contributed by atoms with Crippen molar-refractivity contribution in [1.29, 1.82) is 0 Å². The molecule has 120 valence electrons. The van der Waals surface area contributed by atoms with Crippen LogP contribution < -0.4 is 5.32 Å². The molecule has 0 radical (unpaired) electrons. The second-order valence-electron chi connectivity index (χ2n) is 4.97. The highest BCUT2D eigenvalue weighted by Crippen LogP contribution is 2.24. The van der Waals surface area contributed by atoms with Crippen molar-refractivity contribution in [3.63, 3.8) is 0 Å². The number of aliphatic hydroxyl groups is 1. The van der Waals surface area contributed by atoms with E-state index >= 15 is 0 Å². The van der Waals surface area contributed by atoms with E-state index in [0.717, 1.165) is 17.7 Å². The fourth-order valence-electron chi connectivity index (χ4n) is 1.81. The van der Waals surface area contributed by atoms with Crippen LogP contribution in [-0.4, -0.2) is 25.8 Å². The van der Waals surface area contributed by atoms with Gasteiger partial charge in [-0.15, -0.1) is 0 Å². The first kappa shape index (κ1) is 16.9. The molecule has 1 unspecified atom stereocenters. The lowest BCUT2D eigenvalue weighted by atomic mass is 9.99. The third kappa shape index (κ3) is 3.63.